The van der Waals surface area contributed by atoms with E-state index in [-0.39, 0.29) is 39.7 Å². The van der Waals surface area contributed by atoms with Gasteiger partial charge in [0.2, 0.25) is 5.91 Å². The monoisotopic (exact) mass is 538 g/mol. The molecule has 1 atom stereocenters. The molecule has 192 valence electrons. The number of pyridine rings is 1. The minimum absolute atomic E-state index is 0.0158. The lowest BCUT2D eigenvalue weighted by Crippen LogP contribution is -2.48. The summed E-state index contributed by atoms with van der Waals surface area (Å²) in [5.41, 5.74) is 0.679. The zero-order chi connectivity index (χ0) is 25.3. The first-order chi connectivity index (χ1) is 17.9. The molecule has 0 aromatic carbocycles. The van der Waals surface area contributed by atoms with Crippen LogP contribution in [0.3, 0.4) is 0 Å². The van der Waals surface area contributed by atoms with Crippen molar-refractivity contribution in [2.45, 2.75) is 63.5 Å². The number of amides is 2. The molecule has 3 aromatic heterocycles. The molecule has 37 heavy (non-hydrogen) atoms. The largest absolute Gasteiger partial charge is 0.342 e. The van der Waals surface area contributed by atoms with Crippen molar-refractivity contribution in [2.75, 3.05) is 18.4 Å². The molecule has 0 bridgehead atoms. The van der Waals surface area contributed by atoms with Gasteiger partial charge in [-0.2, -0.15) is 0 Å². The lowest BCUT2D eigenvalue weighted by atomic mass is 9.86. The Kier molecular flexibility index (Phi) is 5.34. The van der Waals surface area contributed by atoms with Gasteiger partial charge in [0.1, 0.15) is 34.0 Å². The Bertz CT molecular complexity index is 1520. The second-order valence-corrected chi connectivity index (χ2v) is 12.1. The van der Waals surface area contributed by atoms with Gasteiger partial charge in [0.05, 0.1) is 10.4 Å². The maximum absolute atomic E-state index is 13.8. The van der Waals surface area contributed by atoms with Crippen LogP contribution in [0.15, 0.2) is 17.2 Å². The van der Waals surface area contributed by atoms with Gasteiger partial charge in [0.25, 0.3) is 11.5 Å². The van der Waals surface area contributed by atoms with Crippen molar-refractivity contribution in [2.24, 2.45) is 5.92 Å². The number of carbonyl (C=O) groups excluding carboxylic acids is 2. The van der Waals surface area contributed by atoms with Gasteiger partial charge in [0.15, 0.2) is 0 Å². The minimum Gasteiger partial charge on any atom is -0.342 e. The Morgan fingerprint density at radius 3 is 2.73 bits per heavy atom. The predicted octanol–water partition coefficient (Wildman–Crippen LogP) is 3.95. The zero-order valence-electron chi connectivity index (χ0n) is 20.3. The van der Waals surface area contributed by atoms with E-state index in [1.54, 1.807) is 15.9 Å². The second-order valence-electron chi connectivity index (χ2n) is 10.6. The summed E-state index contributed by atoms with van der Waals surface area (Å²) in [5, 5.41) is 7.46. The quantitative estimate of drug-likeness (QED) is 0.522. The molecule has 1 spiro atoms. The van der Waals surface area contributed by atoms with Crippen LogP contribution in [0.4, 0.5) is 11.5 Å². The molecule has 2 fully saturated rings. The summed E-state index contributed by atoms with van der Waals surface area (Å²) in [5.74, 6) is 0.537. The highest BCUT2D eigenvalue weighted by Crippen LogP contribution is 2.42. The summed E-state index contributed by atoms with van der Waals surface area (Å²) < 4.78 is 1.58. The predicted molar refractivity (Wildman–Crippen MR) is 142 cm³/mol. The lowest BCUT2D eigenvalue weighted by molar-refractivity contribution is -0.139. The Balaban J connectivity index is 1.27. The Morgan fingerprint density at radius 2 is 1.97 bits per heavy atom. The van der Waals surface area contributed by atoms with E-state index in [9.17, 15) is 14.4 Å². The zero-order valence-corrected chi connectivity index (χ0v) is 21.9. The van der Waals surface area contributed by atoms with Crippen molar-refractivity contribution >= 4 is 56.5 Å². The molecule has 2 N–H and O–H groups in total. The molecule has 0 unspecified atom stereocenters. The highest BCUT2D eigenvalue weighted by Gasteiger charge is 2.45. The number of rotatable bonds is 3. The standard InChI is InChI=1S/C26H27ClN6O3S/c27-16-12-17(25(36)33-20(16)22(34)31-26(33)7-2-1-3-8-26)30-21-19-15-6-5-14(24(35)32-9-4-10-32)11-18(15)37-23(19)29-13-28-21/h12-14H,1-11H2,(H,31,34)(H,28,29,30)/t14-/m0/s1. The van der Waals surface area contributed by atoms with Gasteiger partial charge in [-0.15, -0.1) is 11.3 Å². The van der Waals surface area contributed by atoms with Crippen molar-refractivity contribution in [1.82, 2.24) is 24.8 Å². The van der Waals surface area contributed by atoms with Crippen LogP contribution in [0.2, 0.25) is 5.02 Å². The topological polar surface area (TPSA) is 109 Å². The van der Waals surface area contributed by atoms with Crippen LogP contribution in [0, 0.1) is 5.92 Å². The molecule has 2 aliphatic heterocycles. The van der Waals surface area contributed by atoms with Crippen LogP contribution in [0.25, 0.3) is 10.2 Å². The average molecular weight is 539 g/mol. The van der Waals surface area contributed by atoms with Gasteiger partial charge in [-0.25, -0.2) is 9.97 Å². The van der Waals surface area contributed by atoms with E-state index < -0.39 is 5.66 Å². The van der Waals surface area contributed by atoms with E-state index in [2.05, 4.69) is 20.6 Å². The van der Waals surface area contributed by atoms with E-state index in [1.165, 1.54) is 17.3 Å². The Hall–Kier alpha value is -2.98. The first-order valence-electron chi connectivity index (χ1n) is 13.0. The van der Waals surface area contributed by atoms with E-state index >= 15 is 0 Å². The van der Waals surface area contributed by atoms with Gasteiger partial charge < -0.3 is 15.5 Å². The van der Waals surface area contributed by atoms with Gasteiger partial charge in [-0.3, -0.25) is 19.0 Å². The molecule has 5 heterocycles. The number of nitrogens with one attached hydrogen (secondary N) is 2. The first-order valence-corrected chi connectivity index (χ1v) is 14.2. The summed E-state index contributed by atoms with van der Waals surface area (Å²) >= 11 is 8.19. The van der Waals surface area contributed by atoms with Crippen LogP contribution in [0.5, 0.6) is 0 Å². The molecule has 2 aliphatic carbocycles. The number of aryl methyl sites for hydroxylation is 1. The van der Waals surface area contributed by atoms with Gasteiger partial charge in [-0.05, 0) is 63.0 Å². The van der Waals surface area contributed by atoms with Crippen LogP contribution in [-0.4, -0.2) is 44.3 Å². The van der Waals surface area contributed by atoms with Crippen LogP contribution in [-0.2, 0) is 23.3 Å². The number of fused-ring (bicyclic) bond motifs is 5. The third-order valence-corrected chi connectivity index (χ3v) is 9.89. The van der Waals surface area contributed by atoms with Crippen molar-refractivity contribution in [3.8, 4) is 0 Å². The molecule has 4 aliphatic rings. The van der Waals surface area contributed by atoms with E-state index in [0.29, 0.717) is 18.7 Å². The molecular formula is C26H27ClN6O3S. The van der Waals surface area contributed by atoms with Crippen LogP contribution >= 0.6 is 22.9 Å². The number of aromatic nitrogens is 3. The van der Waals surface area contributed by atoms with E-state index in [0.717, 1.165) is 73.8 Å². The van der Waals surface area contributed by atoms with Crippen molar-refractivity contribution < 1.29 is 9.59 Å². The molecule has 9 nitrogen and oxygen atoms in total. The average Bonchev–Trinajstić information content (AvgIpc) is 3.36. The fourth-order valence-electron chi connectivity index (χ4n) is 6.44. The maximum atomic E-state index is 13.8. The SMILES string of the molecule is O=C1NC2(CCCCC2)n2c1c(Cl)cc(Nc1ncnc3sc4c(c13)CC[C@H](C(=O)N1CCC1)C4)c2=O. The number of anilines is 2. The highest BCUT2D eigenvalue weighted by atomic mass is 35.5. The number of nitrogens with zero attached hydrogens (tertiary/aromatic N) is 4. The summed E-state index contributed by atoms with van der Waals surface area (Å²) in [4.78, 5) is 52.4. The molecule has 0 radical (unpaired) electrons. The summed E-state index contributed by atoms with van der Waals surface area (Å²) in [6.07, 6.45) is 9.25. The molecular weight excluding hydrogens is 512 g/mol. The van der Waals surface area contributed by atoms with Crippen LogP contribution in [0.1, 0.15) is 65.9 Å². The Morgan fingerprint density at radius 1 is 1.16 bits per heavy atom. The number of halogens is 1. The summed E-state index contributed by atoms with van der Waals surface area (Å²) in [6.45, 7) is 1.74. The molecule has 2 amide bonds. The lowest BCUT2D eigenvalue weighted by Gasteiger charge is -2.35. The second kappa shape index (κ2) is 8.52. The molecule has 7 rings (SSSR count). The summed E-state index contributed by atoms with van der Waals surface area (Å²) in [6, 6.07) is 1.53. The molecule has 1 saturated heterocycles. The maximum Gasteiger partial charge on any atom is 0.276 e. The van der Waals surface area contributed by atoms with Crippen molar-refractivity contribution in [3.63, 3.8) is 0 Å². The van der Waals surface area contributed by atoms with Gasteiger partial charge >= 0.3 is 0 Å². The number of likely N-dealkylation sites (tertiary alicyclic amines) is 1. The number of thiophene rings is 1. The summed E-state index contributed by atoms with van der Waals surface area (Å²) in [7, 11) is 0. The van der Waals surface area contributed by atoms with Crippen molar-refractivity contribution in [1.29, 1.82) is 0 Å². The van der Waals surface area contributed by atoms with Crippen LogP contribution < -0.4 is 16.2 Å². The van der Waals surface area contributed by atoms with E-state index in [1.807, 2.05) is 4.90 Å². The normalized spacial score (nSPS) is 21.9. The van der Waals surface area contributed by atoms with E-state index in [4.69, 9.17) is 11.6 Å². The molecule has 3 aromatic rings. The highest BCUT2D eigenvalue weighted by molar-refractivity contribution is 7.19. The third kappa shape index (κ3) is 3.52. The first kappa shape index (κ1) is 23.2. The number of hydrogen-bond acceptors (Lipinski definition) is 7. The molecule has 11 heteroatoms. The molecule has 1 saturated carbocycles. The fourth-order valence-corrected chi connectivity index (χ4v) is 7.99. The van der Waals surface area contributed by atoms with Crippen molar-refractivity contribution in [3.05, 3.63) is 43.9 Å². The third-order valence-electron chi connectivity index (χ3n) is 8.44. The van der Waals surface area contributed by atoms with Gasteiger partial charge in [-0.1, -0.05) is 18.0 Å². The Labute approximate surface area is 222 Å². The fraction of sp³-hybridized carbons (Fsp3) is 0.500. The smallest absolute Gasteiger partial charge is 0.276 e. The van der Waals surface area contributed by atoms with Gasteiger partial charge in [0, 0.05) is 23.9 Å². The number of carbonyl (C=O) groups is 2. The minimum atomic E-state index is -0.719. The number of hydrogen-bond donors (Lipinski definition) is 2.